The molecule has 2 nitrogen and oxygen atoms in total. The van der Waals surface area contributed by atoms with Gasteiger partial charge in [0.1, 0.15) is 0 Å². The van der Waals surface area contributed by atoms with Crippen molar-refractivity contribution in [3.05, 3.63) is 21.9 Å². The molecule has 0 radical (unpaired) electrons. The van der Waals surface area contributed by atoms with Crippen molar-refractivity contribution in [3.63, 3.8) is 0 Å². The molecule has 0 atom stereocenters. The van der Waals surface area contributed by atoms with Crippen molar-refractivity contribution in [3.8, 4) is 0 Å². The number of rotatable bonds is 5. The molecule has 1 heterocycles. The molecule has 0 unspecified atom stereocenters. The van der Waals surface area contributed by atoms with Crippen molar-refractivity contribution in [2.24, 2.45) is 5.73 Å². The highest BCUT2D eigenvalue weighted by atomic mass is 32.1. The van der Waals surface area contributed by atoms with Gasteiger partial charge in [0.15, 0.2) is 0 Å². The maximum absolute atomic E-state index is 5.31. The van der Waals surface area contributed by atoms with Gasteiger partial charge in [-0.1, -0.05) is 6.92 Å². The first-order valence-corrected chi connectivity index (χ1v) is 5.04. The van der Waals surface area contributed by atoms with Crippen LogP contribution in [0.5, 0.6) is 0 Å². The molecule has 1 rings (SSSR count). The minimum atomic E-state index is 0.603. The lowest BCUT2D eigenvalue weighted by Gasteiger charge is -1.98. The summed E-state index contributed by atoms with van der Waals surface area (Å²) < 4.78 is 5.31. The average molecular weight is 185 g/mol. The fourth-order valence-corrected chi connectivity index (χ4v) is 1.84. The van der Waals surface area contributed by atoms with Crippen molar-refractivity contribution >= 4 is 11.3 Å². The largest absolute Gasteiger partial charge is 0.375 e. The van der Waals surface area contributed by atoms with Crippen LogP contribution in [0.25, 0.3) is 0 Å². The molecule has 68 valence electrons. The lowest BCUT2D eigenvalue weighted by Crippen LogP contribution is -2.07. The van der Waals surface area contributed by atoms with Gasteiger partial charge in [-0.3, -0.25) is 0 Å². The SMILES string of the molecule is CCc1ccc(COCCN)s1. The van der Waals surface area contributed by atoms with E-state index < -0.39 is 0 Å². The maximum Gasteiger partial charge on any atom is 0.0810 e. The van der Waals surface area contributed by atoms with E-state index >= 15 is 0 Å². The average Bonchev–Trinajstić information content (AvgIpc) is 2.53. The number of hydrogen-bond acceptors (Lipinski definition) is 3. The van der Waals surface area contributed by atoms with E-state index in [9.17, 15) is 0 Å². The maximum atomic E-state index is 5.31. The summed E-state index contributed by atoms with van der Waals surface area (Å²) in [4.78, 5) is 2.71. The fraction of sp³-hybridized carbons (Fsp3) is 0.556. The van der Waals surface area contributed by atoms with Gasteiger partial charge in [0.25, 0.3) is 0 Å². The van der Waals surface area contributed by atoms with Crippen LogP contribution in [0.15, 0.2) is 12.1 Å². The second kappa shape index (κ2) is 5.30. The van der Waals surface area contributed by atoms with E-state index in [-0.39, 0.29) is 0 Å². The van der Waals surface area contributed by atoms with Gasteiger partial charge in [0, 0.05) is 16.3 Å². The van der Waals surface area contributed by atoms with Crippen molar-refractivity contribution in [1.29, 1.82) is 0 Å². The Bertz CT molecular complexity index is 222. The smallest absolute Gasteiger partial charge is 0.0810 e. The number of nitrogens with two attached hydrogens (primary N) is 1. The van der Waals surface area contributed by atoms with Crippen molar-refractivity contribution < 1.29 is 4.74 Å². The monoisotopic (exact) mass is 185 g/mol. The van der Waals surface area contributed by atoms with E-state index in [4.69, 9.17) is 10.5 Å². The lowest BCUT2D eigenvalue weighted by atomic mass is 10.4. The Hall–Kier alpha value is -0.380. The molecular weight excluding hydrogens is 170 g/mol. The first kappa shape index (κ1) is 9.71. The molecule has 3 heteroatoms. The first-order valence-electron chi connectivity index (χ1n) is 4.22. The van der Waals surface area contributed by atoms with Crippen LogP contribution >= 0.6 is 11.3 Å². The van der Waals surface area contributed by atoms with Crippen LogP contribution in [0, 0.1) is 0 Å². The summed E-state index contributed by atoms with van der Waals surface area (Å²) in [5, 5.41) is 0. The van der Waals surface area contributed by atoms with Crippen LogP contribution in [0.1, 0.15) is 16.7 Å². The molecule has 0 fully saturated rings. The van der Waals surface area contributed by atoms with Crippen LogP contribution < -0.4 is 5.73 Å². The zero-order chi connectivity index (χ0) is 8.81. The summed E-state index contributed by atoms with van der Waals surface area (Å²) in [6, 6.07) is 4.28. The van der Waals surface area contributed by atoms with E-state index in [2.05, 4.69) is 19.1 Å². The van der Waals surface area contributed by atoms with Crippen LogP contribution in [-0.2, 0) is 17.8 Å². The van der Waals surface area contributed by atoms with E-state index in [0.29, 0.717) is 19.8 Å². The van der Waals surface area contributed by atoms with E-state index in [1.165, 1.54) is 9.75 Å². The minimum Gasteiger partial charge on any atom is -0.375 e. The molecule has 1 aromatic heterocycles. The molecule has 0 spiro atoms. The van der Waals surface area contributed by atoms with Crippen molar-refractivity contribution in [1.82, 2.24) is 0 Å². The van der Waals surface area contributed by atoms with Gasteiger partial charge in [-0.15, -0.1) is 11.3 Å². The van der Waals surface area contributed by atoms with E-state index in [1.807, 2.05) is 11.3 Å². The lowest BCUT2D eigenvalue weighted by molar-refractivity contribution is 0.130. The second-order valence-electron chi connectivity index (χ2n) is 2.56. The third kappa shape index (κ3) is 2.93. The highest BCUT2D eigenvalue weighted by Gasteiger charge is 1.97. The standard InChI is InChI=1S/C9H15NOS/c1-2-8-3-4-9(12-8)7-11-6-5-10/h3-4H,2,5-7,10H2,1H3. The summed E-state index contributed by atoms with van der Waals surface area (Å²) in [6.07, 6.45) is 1.11. The minimum absolute atomic E-state index is 0.603. The normalized spacial score (nSPS) is 10.5. The number of aryl methyl sites for hydroxylation is 1. The third-order valence-corrected chi connectivity index (χ3v) is 2.78. The molecule has 0 aliphatic rings. The zero-order valence-electron chi connectivity index (χ0n) is 7.38. The Morgan fingerprint density at radius 1 is 1.42 bits per heavy atom. The number of hydrogen-bond donors (Lipinski definition) is 1. The van der Waals surface area contributed by atoms with E-state index in [1.54, 1.807) is 0 Å². The molecule has 0 saturated carbocycles. The Balaban J connectivity index is 2.31. The molecule has 0 saturated heterocycles. The quantitative estimate of drug-likeness (QED) is 0.710. The van der Waals surface area contributed by atoms with Gasteiger partial charge in [-0.25, -0.2) is 0 Å². The van der Waals surface area contributed by atoms with Gasteiger partial charge in [-0.2, -0.15) is 0 Å². The first-order chi connectivity index (χ1) is 5.86. The van der Waals surface area contributed by atoms with Gasteiger partial charge in [0.05, 0.1) is 13.2 Å². The summed E-state index contributed by atoms with van der Waals surface area (Å²) in [5.41, 5.74) is 5.30. The molecule has 0 aromatic carbocycles. The van der Waals surface area contributed by atoms with Crippen LogP contribution in [0.3, 0.4) is 0 Å². The molecule has 0 aliphatic heterocycles. The summed E-state index contributed by atoms with van der Waals surface area (Å²) in [7, 11) is 0. The van der Waals surface area contributed by atoms with Gasteiger partial charge in [-0.05, 0) is 18.6 Å². The summed E-state index contributed by atoms with van der Waals surface area (Å²) >= 11 is 1.82. The Morgan fingerprint density at radius 2 is 2.17 bits per heavy atom. The second-order valence-corrected chi connectivity index (χ2v) is 3.82. The number of ether oxygens (including phenoxy) is 1. The van der Waals surface area contributed by atoms with Crippen molar-refractivity contribution in [2.45, 2.75) is 20.0 Å². The van der Waals surface area contributed by atoms with Gasteiger partial charge < -0.3 is 10.5 Å². The van der Waals surface area contributed by atoms with Gasteiger partial charge in [0.2, 0.25) is 0 Å². The summed E-state index contributed by atoms with van der Waals surface area (Å²) in [6.45, 7) is 4.13. The molecule has 0 aliphatic carbocycles. The predicted octanol–water partition coefficient (Wildman–Crippen LogP) is 1.79. The molecule has 0 bridgehead atoms. The Labute approximate surface area is 77.3 Å². The highest BCUT2D eigenvalue weighted by Crippen LogP contribution is 2.17. The Kier molecular flexibility index (Phi) is 4.29. The molecular formula is C9H15NOS. The predicted molar refractivity (Wildman–Crippen MR) is 52.4 cm³/mol. The molecule has 12 heavy (non-hydrogen) atoms. The topological polar surface area (TPSA) is 35.2 Å². The molecule has 1 aromatic rings. The van der Waals surface area contributed by atoms with Crippen LogP contribution in [0.2, 0.25) is 0 Å². The fourth-order valence-electron chi connectivity index (χ4n) is 0.946. The van der Waals surface area contributed by atoms with Gasteiger partial charge >= 0.3 is 0 Å². The van der Waals surface area contributed by atoms with Crippen molar-refractivity contribution in [2.75, 3.05) is 13.2 Å². The molecule has 0 amide bonds. The number of thiophene rings is 1. The van der Waals surface area contributed by atoms with E-state index in [0.717, 1.165) is 6.42 Å². The summed E-state index contributed by atoms with van der Waals surface area (Å²) in [5.74, 6) is 0. The molecule has 2 N–H and O–H groups in total. The van der Waals surface area contributed by atoms with Crippen LogP contribution in [0.4, 0.5) is 0 Å². The Morgan fingerprint density at radius 3 is 2.75 bits per heavy atom. The third-order valence-electron chi connectivity index (χ3n) is 1.57. The highest BCUT2D eigenvalue weighted by molar-refractivity contribution is 7.11. The van der Waals surface area contributed by atoms with Crippen LogP contribution in [-0.4, -0.2) is 13.2 Å². The zero-order valence-corrected chi connectivity index (χ0v) is 8.19.